The third-order valence-corrected chi connectivity index (χ3v) is 4.29. The Kier molecular flexibility index (Phi) is 4.91. The van der Waals surface area contributed by atoms with Crippen molar-refractivity contribution in [3.05, 3.63) is 66.0 Å². The van der Waals surface area contributed by atoms with Crippen LogP contribution in [0.4, 0.5) is 10.1 Å². The van der Waals surface area contributed by atoms with Gasteiger partial charge in [0.25, 0.3) is 0 Å². The number of carbonyl (C=O) groups is 1. The summed E-state index contributed by atoms with van der Waals surface area (Å²) in [5.41, 5.74) is 2.22. The fourth-order valence-corrected chi connectivity index (χ4v) is 2.91. The van der Waals surface area contributed by atoms with Gasteiger partial charge in [-0.15, -0.1) is 0 Å². The molecular formula is C19H21FN2O. The van der Waals surface area contributed by atoms with Crippen LogP contribution in [0.15, 0.2) is 54.6 Å². The third kappa shape index (κ3) is 4.09. The first kappa shape index (κ1) is 15.5. The number of piperazine rings is 1. The smallest absolute Gasteiger partial charge is 0.223 e. The number of benzene rings is 2. The highest BCUT2D eigenvalue weighted by Crippen LogP contribution is 2.16. The molecule has 0 N–H and O–H groups in total. The van der Waals surface area contributed by atoms with Crippen LogP contribution in [0.3, 0.4) is 0 Å². The molecule has 0 bridgehead atoms. The lowest BCUT2D eigenvalue weighted by atomic mass is 10.1. The summed E-state index contributed by atoms with van der Waals surface area (Å²) in [6.07, 6.45) is 1.15. The van der Waals surface area contributed by atoms with E-state index >= 15 is 0 Å². The first-order chi connectivity index (χ1) is 11.2. The molecule has 0 saturated carbocycles. The monoisotopic (exact) mass is 312 g/mol. The molecule has 2 aromatic rings. The number of anilines is 1. The summed E-state index contributed by atoms with van der Waals surface area (Å²) < 4.78 is 12.9. The van der Waals surface area contributed by atoms with Crippen LogP contribution in [0.25, 0.3) is 0 Å². The molecule has 0 spiro atoms. The Morgan fingerprint density at radius 2 is 1.57 bits per heavy atom. The Labute approximate surface area is 136 Å². The van der Waals surface area contributed by atoms with E-state index in [9.17, 15) is 9.18 Å². The van der Waals surface area contributed by atoms with Crippen molar-refractivity contribution in [1.29, 1.82) is 0 Å². The summed E-state index contributed by atoms with van der Waals surface area (Å²) in [7, 11) is 0. The van der Waals surface area contributed by atoms with Gasteiger partial charge in [-0.3, -0.25) is 4.79 Å². The van der Waals surface area contributed by atoms with Gasteiger partial charge in [-0.1, -0.05) is 30.3 Å². The normalized spacial score (nSPS) is 14.8. The van der Waals surface area contributed by atoms with E-state index in [1.807, 2.05) is 23.1 Å². The van der Waals surface area contributed by atoms with Gasteiger partial charge in [-0.2, -0.15) is 0 Å². The number of para-hydroxylation sites is 1. The number of nitrogens with zero attached hydrogens (tertiary/aromatic N) is 2. The maximum Gasteiger partial charge on any atom is 0.223 e. The van der Waals surface area contributed by atoms with Crippen LogP contribution in [0, 0.1) is 5.82 Å². The van der Waals surface area contributed by atoms with E-state index < -0.39 is 0 Å². The topological polar surface area (TPSA) is 23.6 Å². The second-order valence-corrected chi connectivity index (χ2v) is 5.83. The lowest BCUT2D eigenvalue weighted by Gasteiger charge is -2.36. The molecule has 1 amide bonds. The molecule has 0 atom stereocenters. The Morgan fingerprint density at radius 1 is 0.913 bits per heavy atom. The first-order valence-electron chi connectivity index (χ1n) is 8.04. The fourth-order valence-electron chi connectivity index (χ4n) is 2.91. The number of aryl methyl sites for hydroxylation is 1. The van der Waals surface area contributed by atoms with Crippen molar-refractivity contribution in [3.8, 4) is 0 Å². The molecule has 4 heteroatoms. The summed E-state index contributed by atoms with van der Waals surface area (Å²) in [5.74, 6) is -0.0563. The predicted molar refractivity (Wildman–Crippen MR) is 90.0 cm³/mol. The molecule has 1 saturated heterocycles. The van der Waals surface area contributed by atoms with Crippen molar-refractivity contribution in [2.24, 2.45) is 0 Å². The molecule has 0 radical (unpaired) electrons. The van der Waals surface area contributed by atoms with Gasteiger partial charge in [-0.05, 0) is 36.2 Å². The van der Waals surface area contributed by atoms with Gasteiger partial charge >= 0.3 is 0 Å². The van der Waals surface area contributed by atoms with Crippen molar-refractivity contribution in [3.63, 3.8) is 0 Å². The molecule has 120 valence electrons. The maximum atomic E-state index is 12.9. The van der Waals surface area contributed by atoms with E-state index in [2.05, 4.69) is 17.0 Å². The highest BCUT2D eigenvalue weighted by Gasteiger charge is 2.20. The van der Waals surface area contributed by atoms with E-state index in [0.29, 0.717) is 12.8 Å². The van der Waals surface area contributed by atoms with Gasteiger partial charge in [0.2, 0.25) is 5.91 Å². The second kappa shape index (κ2) is 7.27. The molecule has 1 aliphatic heterocycles. The van der Waals surface area contributed by atoms with Gasteiger partial charge in [-0.25, -0.2) is 4.39 Å². The van der Waals surface area contributed by atoms with E-state index in [0.717, 1.165) is 31.7 Å². The lowest BCUT2D eigenvalue weighted by molar-refractivity contribution is -0.131. The Hall–Kier alpha value is -2.36. The highest BCUT2D eigenvalue weighted by atomic mass is 19.1. The number of carbonyl (C=O) groups excluding carboxylic acids is 1. The molecule has 3 rings (SSSR count). The third-order valence-electron chi connectivity index (χ3n) is 4.29. The van der Waals surface area contributed by atoms with Gasteiger partial charge in [0, 0.05) is 38.3 Å². The Morgan fingerprint density at radius 3 is 2.22 bits per heavy atom. The summed E-state index contributed by atoms with van der Waals surface area (Å²) in [6.45, 7) is 3.26. The number of rotatable bonds is 4. The van der Waals surface area contributed by atoms with Crippen LogP contribution in [-0.4, -0.2) is 37.0 Å². The van der Waals surface area contributed by atoms with Crippen LogP contribution >= 0.6 is 0 Å². The molecular weight excluding hydrogens is 291 g/mol. The minimum absolute atomic E-state index is 0.182. The van der Waals surface area contributed by atoms with Crippen LogP contribution in [0.1, 0.15) is 12.0 Å². The van der Waals surface area contributed by atoms with Crippen molar-refractivity contribution >= 4 is 11.6 Å². The van der Waals surface area contributed by atoms with Gasteiger partial charge in [0.1, 0.15) is 5.82 Å². The Balaban J connectivity index is 1.47. The molecule has 2 aromatic carbocycles. The second-order valence-electron chi connectivity index (χ2n) is 5.83. The van der Waals surface area contributed by atoms with Crippen molar-refractivity contribution in [2.45, 2.75) is 12.8 Å². The van der Waals surface area contributed by atoms with Crippen molar-refractivity contribution < 1.29 is 9.18 Å². The first-order valence-corrected chi connectivity index (χ1v) is 8.04. The van der Waals surface area contributed by atoms with E-state index in [1.165, 1.54) is 17.8 Å². The van der Waals surface area contributed by atoms with E-state index in [4.69, 9.17) is 0 Å². The Bertz CT molecular complexity index is 634. The quantitative estimate of drug-likeness (QED) is 0.866. The molecule has 0 aliphatic carbocycles. The molecule has 0 aromatic heterocycles. The molecule has 0 unspecified atom stereocenters. The summed E-state index contributed by atoms with van der Waals surface area (Å²) in [6, 6.07) is 16.7. The lowest BCUT2D eigenvalue weighted by Crippen LogP contribution is -2.48. The largest absolute Gasteiger partial charge is 0.368 e. The molecule has 1 fully saturated rings. The average molecular weight is 312 g/mol. The van der Waals surface area contributed by atoms with Crippen LogP contribution in [-0.2, 0) is 11.2 Å². The average Bonchev–Trinajstić information content (AvgIpc) is 2.62. The molecule has 1 aliphatic rings. The number of halogens is 1. The van der Waals surface area contributed by atoms with E-state index in [-0.39, 0.29) is 11.7 Å². The van der Waals surface area contributed by atoms with Crippen LogP contribution in [0.5, 0.6) is 0 Å². The predicted octanol–water partition coefficient (Wildman–Crippen LogP) is 3.11. The molecule has 23 heavy (non-hydrogen) atoms. The SMILES string of the molecule is O=C(CCc1ccc(F)cc1)N1CCN(c2ccccc2)CC1. The number of hydrogen-bond donors (Lipinski definition) is 0. The van der Waals surface area contributed by atoms with Crippen LogP contribution < -0.4 is 4.90 Å². The molecule has 3 nitrogen and oxygen atoms in total. The maximum absolute atomic E-state index is 12.9. The van der Waals surface area contributed by atoms with Crippen molar-refractivity contribution in [1.82, 2.24) is 4.90 Å². The van der Waals surface area contributed by atoms with E-state index in [1.54, 1.807) is 12.1 Å². The van der Waals surface area contributed by atoms with Crippen molar-refractivity contribution in [2.75, 3.05) is 31.1 Å². The summed E-state index contributed by atoms with van der Waals surface area (Å²) in [4.78, 5) is 16.6. The van der Waals surface area contributed by atoms with Gasteiger partial charge < -0.3 is 9.80 Å². The standard InChI is InChI=1S/C19H21FN2O/c20-17-9-6-16(7-10-17)8-11-19(23)22-14-12-21(13-15-22)18-4-2-1-3-5-18/h1-7,9-10H,8,11-15H2. The highest BCUT2D eigenvalue weighted by molar-refractivity contribution is 5.76. The van der Waals surface area contributed by atoms with Gasteiger partial charge in [0.05, 0.1) is 0 Å². The number of amides is 1. The summed E-state index contributed by atoms with van der Waals surface area (Å²) in [5, 5.41) is 0. The minimum Gasteiger partial charge on any atom is -0.368 e. The summed E-state index contributed by atoms with van der Waals surface area (Å²) >= 11 is 0. The van der Waals surface area contributed by atoms with Crippen LogP contribution in [0.2, 0.25) is 0 Å². The fraction of sp³-hybridized carbons (Fsp3) is 0.316. The number of hydrogen-bond acceptors (Lipinski definition) is 2. The van der Waals surface area contributed by atoms with Gasteiger partial charge in [0.15, 0.2) is 0 Å². The zero-order valence-electron chi connectivity index (χ0n) is 13.1. The molecule has 1 heterocycles. The zero-order chi connectivity index (χ0) is 16.1. The minimum atomic E-state index is -0.239. The zero-order valence-corrected chi connectivity index (χ0v) is 13.1.